The molecule has 1 aromatic carbocycles. The number of rotatable bonds is 4. The van der Waals surface area contributed by atoms with Crippen LogP contribution in [0.25, 0.3) is 0 Å². The molecule has 0 saturated carbocycles. The van der Waals surface area contributed by atoms with Crippen molar-refractivity contribution in [2.45, 2.75) is 6.54 Å². The first-order valence-electron chi connectivity index (χ1n) is 5.39. The molecular weight excluding hydrogens is 235 g/mol. The monoisotopic (exact) mass is 248 g/mol. The Hall–Kier alpha value is -2.14. The van der Waals surface area contributed by atoms with Crippen LogP contribution in [-0.2, 0) is 6.54 Å². The van der Waals surface area contributed by atoms with Crippen LogP contribution in [0.5, 0.6) is 17.4 Å². The van der Waals surface area contributed by atoms with Crippen LogP contribution in [0, 0.1) is 5.82 Å². The molecule has 0 atom stereocenters. The molecule has 0 aliphatic heterocycles. The molecule has 0 bridgehead atoms. The van der Waals surface area contributed by atoms with E-state index in [9.17, 15) is 4.39 Å². The van der Waals surface area contributed by atoms with Gasteiger partial charge in [0, 0.05) is 18.8 Å². The number of ether oxygens (including phenoxy) is 2. The van der Waals surface area contributed by atoms with Crippen molar-refractivity contribution in [2.24, 2.45) is 5.73 Å². The highest BCUT2D eigenvalue weighted by molar-refractivity contribution is 5.35. The van der Waals surface area contributed by atoms with Gasteiger partial charge in [0.15, 0.2) is 11.6 Å². The van der Waals surface area contributed by atoms with Gasteiger partial charge in [-0.05, 0) is 23.8 Å². The van der Waals surface area contributed by atoms with E-state index in [-0.39, 0.29) is 5.75 Å². The van der Waals surface area contributed by atoms with Crippen molar-refractivity contribution in [3.63, 3.8) is 0 Å². The molecule has 1 heterocycles. The van der Waals surface area contributed by atoms with E-state index < -0.39 is 5.82 Å². The molecule has 0 spiro atoms. The Morgan fingerprint density at radius 3 is 2.78 bits per heavy atom. The number of benzene rings is 1. The third-order valence-corrected chi connectivity index (χ3v) is 2.38. The summed E-state index contributed by atoms with van der Waals surface area (Å²) in [6, 6.07) is 7.82. The summed E-state index contributed by atoms with van der Waals surface area (Å²) in [6.45, 7) is 0.292. The first-order valence-corrected chi connectivity index (χ1v) is 5.39. The van der Waals surface area contributed by atoms with Crippen LogP contribution >= 0.6 is 0 Å². The lowest BCUT2D eigenvalue weighted by Gasteiger charge is -2.08. The molecule has 94 valence electrons. The van der Waals surface area contributed by atoms with Gasteiger partial charge in [-0.15, -0.1) is 0 Å². The van der Waals surface area contributed by atoms with Gasteiger partial charge in [-0.25, -0.2) is 9.37 Å². The highest BCUT2D eigenvalue weighted by atomic mass is 19.1. The number of halogens is 1. The largest absolute Gasteiger partial charge is 0.481 e. The second kappa shape index (κ2) is 5.46. The van der Waals surface area contributed by atoms with Gasteiger partial charge in [0.1, 0.15) is 5.75 Å². The van der Waals surface area contributed by atoms with Crippen molar-refractivity contribution < 1.29 is 13.9 Å². The smallest absolute Gasteiger partial charge is 0.216 e. The minimum absolute atomic E-state index is 0.139. The molecule has 0 unspecified atom stereocenters. The average molecular weight is 248 g/mol. The van der Waals surface area contributed by atoms with E-state index in [0.29, 0.717) is 23.7 Å². The molecule has 0 aliphatic rings. The highest BCUT2D eigenvalue weighted by Gasteiger charge is 2.06. The Balaban J connectivity index is 2.22. The topological polar surface area (TPSA) is 57.4 Å². The third kappa shape index (κ3) is 2.75. The average Bonchev–Trinajstić information content (AvgIpc) is 2.41. The Morgan fingerprint density at radius 1 is 1.28 bits per heavy atom. The molecule has 0 aliphatic carbocycles. The highest BCUT2D eigenvalue weighted by Crippen LogP contribution is 2.26. The van der Waals surface area contributed by atoms with Crippen molar-refractivity contribution in [1.82, 2.24) is 4.98 Å². The molecule has 4 nitrogen and oxygen atoms in total. The normalized spacial score (nSPS) is 10.2. The van der Waals surface area contributed by atoms with E-state index in [1.807, 2.05) is 0 Å². The maximum atomic E-state index is 13.7. The van der Waals surface area contributed by atoms with Gasteiger partial charge in [-0.3, -0.25) is 0 Å². The van der Waals surface area contributed by atoms with E-state index in [1.54, 1.807) is 24.3 Å². The molecule has 0 saturated heterocycles. The second-order valence-electron chi connectivity index (χ2n) is 3.60. The Morgan fingerprint density at radius 2 is 2.11 bits per heavy atom. The maximum Gasteiger partial charge on any atom is 0.216 e. The van der Waals surface area contributed by atoms with Gasteiger partial charge >= 0.3 is 0 Å². The molecule has 0 radical (unpaired) electrons. The number of pyridine rings is 1. The Kier molecular flexibility index (Phi) is 3.74. The van der Waals surface area contributed by atoms with Crippen LogP contribution in [0.1, 0.15) is 5.56 Å². The van der Waals surface area contributed by atoms with E-state index in [2.05, 4.69) is 4.98 Å². The lowest BCUT2D eigenvalue weighted by Crippen LogP contribution is -1.98. The van der Waals surface area contributed by atoms with Crippen LogP contribution in [0.2, 0.25) is 0 Å². The predicted molar refractivity (Wildman–Crippen MR) is 65.2 cm³/mol. The van der Waals surface area contributed by atoms with E-state index in [0.717, 1.165) is 0 Å². The molecule has 18 heavy (non-hydrogen) atoms. The van der Waals surface area contributed by atoms with Gasteiger partial charge in [0.25, 0.3) is 0 Å². The fourth-order valence-electron chi connectivity index (χ4n) is 1.45. The number of nitrogens with zero attached hydrogens (tertiary/aromatic N) is 1. The van der Waals surface area contributed by atoms with E-state index in [4.69, 9.17) is 15.2 Å². The number of hydrogen-bond donors (Lipinski definition) is 1. The van der Waals surface area contributed by atoms with Crippen LogP contribution in [0.3, 0.4) is 0 Å². The zero-order valence-corrected chi connectivity index (χ0v) is 9.89. The minimum atomic E-state index is -0.450. The summed E-state index contributed by atoms with van der Waals surface area (Å²) in [6.07, 6.45) is 1.53. The van der Waals surface area contributed by atoms with Gasteiger partial charge in [-0.1, -0.05) is 6.07 Å². The molecule has 1 aromatic heterocycles. The molecular formula is C13H13FN2O2. The summed E-state index contributed by atoms with van der Waals surface area (Å²) in [7, 11) is 1.50. The number of methoxy groups -OCH3 is 1. The van der Waals surface area contributed by atoms with Gasteiger partial charge in [0.05, 0.1) is 7.11 Å². The lowest BCUT2D eigenvalue weighted by atomic mass is 10.2. The number of nitrogens with two attached hydrogens (primary N) is 1. The zero-order valence-electron chi connectivity index (χ0n) is 9.89. The molecule has 2 aromatic rings. The van der Waals surface area contributed by atoms with Crippen LogP contribution in [0.15, 0.2) is 36.5 Å². The zero-order chi connectivity index (χ0) is 13.0. The van der Waals surface area contributed by atoms with Gasteiger partial charge in [0.2, 0.25) is 5.88 Å². The van der Waals surface area contributed by atoms with Gasteiger partial charge < -0.3 is 15.2 Å². The minimum Gasteiger partial charge on any atom is -0.481 e. The maximum absolute atomic E-state index is 13.7. The predicted octanol–water partition coefficient (Wildman–Crippen LogP) is 2.48. The second-order valence-corrected chi connectivity index (χ2v) is 3.60. The fourth-order valence-corrected chi connectivity index (χ4v) is 1.45. The van der Waals surface area contributed by atoms with Crippen molar-refractivity contribution in [3.8, 4) is 17.4 Å². The van der Waals surface area contributed by atoms with E-state index in [1.165, 1.54) is 19.4 Å². The van der Waals surface area contributed by atoms with E-state index >= 15 is 0 Å². The molecule has 5 heteroatoms. The van der Waals surface area contributed by atoms with Crippen LogP contribution in [-0.4, -0.2) is 12.1 Å². The van der Waals surface area contributed by atoms with Crippen molar-refractivity contribution in [2.75, 3.05) is 7.11 Å². The summed E-state index contributed by atoms with van der Waals surface area (Å²) in [5.74, 6) is 0.557. The SMILES string of the molecule is COc1cc(Oc2ccc(CN)cc2F)ccn1. The summed E-state index contributed by atoms with van der Waals surface area (Å²) < 4.78 is 24.1. The van der Waals surface area contributed by atoms with Crippen molar-refractivity contribution in [1.29, 1.82) is 0 Å². The summed E-state index contributed by atoms with van der Waals surface area (Å²) >= 11 is 0. The molecule has 2 N–H and O–H groups in total. The molecule has 0 amide bonds. The van der Waals surface area contributed by atoms with Crippen LogP contribution < -0.4 is 15.2 Å². The quantitative estimate of drug-likeness (QED) is 0.903. The number of hydrogen-bond acceptors (Lipinski definition) is 4. The van der Waals surface area contributed by atoms with Gasteiger partial charge in [-0.2, -0.15) is 0 Å². The molecule has 0 fully saturated rings. The van der Waals surface area contributed by atoms with Crippen molar-refractivity contribution in [3.05, 3.63) is 47.9 Å². The van der Waals surface area contributed by atoms with Crippen molar-refractivity contribution >= 4 is 0 Å². The standard InChI is InChI=1S/C13H13FN2O2/c1-17-13-7-10(4-5-16-13)18-12-3-2-9(8-15)6-11(12)14/h2-7H,8,15H2,1H3. The lowest BCUT2D eigenvalue weighted by molar-refractivity contribution is 0.389. The Labute approximate surface area is 104 Å². The molecule has 2 rings (SSSR count). The first kappa shape index (κ1) is 12.3. The third-order valence-electron chi connectivity index (χ3n) is 2.38. The summed E-state index contributed by atoms with van der Waals surface area (Å²) in [5, 5.41) is 0. The fraction of sp³-hybridized carbons (Fsp3) is 0.154. The first-order chi connectivity index (χ1) is 8.72. The summed E-state index contributed by atoms with van der Waals surface area (Å²) in [5.41, 5.74) is 6.14. The number of aromatic nitrogens is 1. The van der Waals surface area contributed by atoms with Crippen LogP contribution in [0.4, 0.5) is 4.39 Å². The Bertz CT molecular complexity index is 546. The summed E-state index contributed by atoms with van der Waals surface area (Å²) in [4.78, 5) is 3.94.